The average Bonchev–Trinajstić information content (AvgIpc) is 3.20. The summed E-state index contributed by atoms with van der Waals surface area (Å²) < 4.78 is 18.2. The van der Waals surface area contributed by atoms with Gasteiger partial charge in [-0.2, -0.15) is 0 Å². The Balaban J connectivity index is 1.75. The second-order valence-electron chi connectivity index (χ2n) is 5.46. The molecule has 4 nitrogen and oxygen atoms in total. The maximum absolute atomic E-state index is 12.7. The second kappa shape index (κ2) is 6.22. The average molecular weight is 281 g/mol. The summed E-state index contributed by atoms with van der Waals surface area (Å²) in [6, 6.07) is 6.15. The van der Waals surface area contributed by atoms with E-state index in [-0.39, 0.29) is 5.82 Å². The number of benzene rings is 1. The molecule has 1 unspecified atom stereocenters. The molecule has 1 saturated carbocycles. The van der Waals surface area contributed by atoms with Crippen molar-refractivity contribution in [3.05, 3.63) is 30.1 Å². The Morgan fingerprint density at radius 1 is 1.45 bits per heavy atom. The van der Waals surface area contributed by atoms with Crippen molar-refractivity contribution in [1.29, 1.82) is 0 Å². The summed E-state index contributed by atoms with van der Waals surface area (Å²) in [6.45, 7) is 2.13. The van der Waals surface area contributed by atoms with E-state index in [1.165, 1.54) is 12.1 Å². The highest BCUT2D eigenvalue weighted by Crippen LogP contribution is 2.25. The molecule has 1 atom stereocenters. The number of carbonyl (C=O) groups is 1. The minimum Gasteiger partial charge on any atom is -0.494 e. The van der Waals surface area contributed by atoms with Gasteiger partial charge >= 0.3 is 5.97 Å². The Kier molecular flexibility index (Phi) is 4.60. The number of hydrogen-bond acceptors (Lipinski definition) is 3. The molecule has 0 heterocycles. The fourth-order valence-electron chi connectivity index (χ4n) is 2.07. The van der Waals surface area contributed by atoms with Crippen LogP contribution in [-0.2, 0) is 4.79 Å². The van der Waals surface area contributed by atoms with Gasteiger partial charge in [-0.25, -0.2) is 4.39 Å². The fraction of sp³-hybridized carbons (Fsp3) is 0.533. The zero-order valence-electron chi connectivity index (χ0n) is 11.6. The maximum Gasteiger partial charge on any atom is 0.323 e. The van der Waals surface area contributed by atoms with Crippen LogP contribution in [0.1, 0.15) is 32.6 Å². The molecule has 5 heteroatoms. The lowest BCUT2D eigenvalue weighted by Gasteiger charge is -2.26. The zero-order valence-corrected chi connectivity index (χ0v) is 11.6. The third-order valence-corrected chi connectivity index (χ3v) is 3.48. The van der Waals surface area contributed by atoms with Crippen LogP contribution in [0.4, 0.5) is 4.39 Å². The second-order valence-corrected chi connectivity index (χ2v) is 5.46. The van der Waals surface area contributed by atoms with Crippen molar-refractivity contribution in [2.24, 2.45) is 0 Å². The molecule has 2 N–H and O–H groups in total. The summed E-state index contributed by atoms with van der Waals surface area (Å²) >= 11 is 0. The van der Waals surface area contributed by atoms with Gasteiger partial charge in [0.05, 0.1) is 6.61 Å². The molecule has 0 amide bonds. The van der Waals surface area contributed by atoms with Crippen molar-refractivity contribution in [2.75, 3.05) is 6.61 Å². The van der Waals surface area contributed by atoms with Crippen LogP contribution in [0.15, 0.2) is 24.3 Å². The summed E-state index contributed by atoms with van der Waals surface area (Å²) in [5.74, 6) is -0.533. The van der Waals surface area contributed by atoms with Crippen LogP contribution in [0, 0.1) is 5.82 Å². The number of carboxylic acids is 1. The molecule has 110 valence electrons. The predicted octanol–water partition coefficient (Wildman–Crippen LogP) is 2.58. The van der Waals surface area contributed by atoms with Crippen LogP contribution in [0.25, 0.3) is 0 Å². The first-order valence-corrected chi connectivity index (χ1v) is 6.89. The molecule has 0 saturated heterocycles. The number of rotatable bonds is 8. The summed E-state index contributed by atoms with van der Waals surface area (Å²) in [4.78, 5) is 11.3. The van der Waals surface area contributed by atoms with Crippen LogP contribution in [-0.4, -0.2) is 29.3 Å². The van der Waals surface area contributed by atoms with Crippen LogP contribution in [0.2, 0.25) is 0 Å². The Bertz CT molecular complexity index is 459. The minimum atomic E-state index is -0.896. The molecule has 1 aliphatic rings. The van der Waals surface area contributed by atoms with Crippen molar-refractivity contribution in [2.45, 2.75) is 44.2 Å². The number of aliphatic carboxylic acids is 1. The maximum atomic E-state index is 12.7. The Hall–Kier alpha value is -1.62. The number of carboxylic acid groups (broad SMARTS) is 1. The molecule has 0 radical (unpaired) electrons. The number of halogens is 1. The van der Waals surface area contributed by atoms with E-state index in [1.807, 2.05) is 0 Å². The summed E-state index contributed by atoms with van der Waals surface area (Å²) in [5.41, 5.74) is -0.896. The standard InChI is InChI=1S/C15H20FNO3/c1-15(14(18)19,17-12-5-6-12)9-2-10-20-13-7-3-11(16)4-8-13/h3-4,7-8,12,17H,2,5-6,9-10H2,1H3,(H,18,19). The minimum absolute atomic E-state index is 0.301. The number of ether oxygens (including phenoxy) is 1. The highest BCUT2D eigenvalue weighted by atomic mass is 19.1. The fourth-order valence-corrected chi connectivity index (χ4v) is 2.07. The topological polar surface area (TPSA) is 58.6 Å². The molecule has 1 aromatic carbocycles. The van der Waals surface area contributed by atoms with Gasteiger partial charge in [-0.3, -0.25) is 10.1 Å². The lowest BCUT2D eigenvalue weighted by Crippen LogP contribution is -2.50. The first-order valence-electron chi connectivity index (χ1n) is 6.89. The zero-order chi connectivity index (χ0) is 14.6. The van der Waals surface area contributed by atoms with Gasteiger partial charge in [-0.15, -0.1) is 0 Å². The van der Waals surface area contributed by atoms with Crippen molar-refractivity contribution >= 4 is 5.97 Å². The number of nitrogens with one attached hydrogen (secondary N) is 1. The van der Waals surface area contributed by atoms with Gasteiger partial charge < -0.3 is 9.84 Å². The molecule has 1 aliphatic carbocycles. The van der Waals surface area contributed by atoms with Crippen LogP contribution in [0.3, 0.4) is 0 Å². The van der Waals surface area contributed by atoms with E-state index in [2.05, 4.69) is 5.32 Å². The first-order chi connectivity index (χ1) is 9.49. The molecule has 20 heavy (non-hydrogen) atoms. The van der Waals surface area contributed by atoms with E-state index < -0.39 is 11.5 Å². The van der Waals surface area contributed by atoms with Gasteiger partial charge in [-0.05, 0) is 56.9 Å². The molecule has 0 bridgehead atoms. The monoisotopic (exact) mass is 281 g/mol. The van der Waals surface area contributed by atoms with Crippen LogP contribution < -0.4 is 10.1 Å². The van der Waals surface area contributed by atoms with Crippen molar-refractivity contribution in [3.8, 4) is 5.75 Å². The van der Waals surface area contributed by atoms with Gasteiger partial charge in [0.25, 0.3) is 0 Å². The third-order valence-electron chi connectivity index (χ3n) is 3.48. The lowest BCUT2D eigenvalue weighted by molar-refractivity contribution is -0.144. The first kappa shape index (κ1) is 14.8. The van der Waals surface area contributed by atoms with Gasteiger partial charge in [-0.1, -0.05) is 0 Å². The SMILES string of the molecule is CC(CCCOc1ccc(F)cc1)(NC1CC1)C(=O)O. The Labute approximate surface area is 117 Å². The van der Waals surface area contributed by atoms with Crippen LogP contribution >= 0.6 is 0 Å². The predicted molar refractivity (Wildman–Crippen MR) is 73.3 cm³/mol. The van der Waals surface area contributed by atoms with E-state index in [1.54, 1.807) is 19.1 Å². The van der Waals surface area contributed by atoms with Gasteiger partial charge in [0, 0.05) is 6.04 Å². The molecule has 0 spiro atoms. The molecular weight excluding hydrogens is 261 g/mol. The molecular formula is C15H20FNO3. The molecule has 1 aromatic rings. The largest absolute Gasteiger partial charge is 0.494 e. The normalized spacial score (nSPS) is 17.5. The molecule has 2 rings (SSSR count). The third kappa shape index (κ3) is 4.20. The molecule has 0 aliphatic heterocycles. The lowest BCUT2D eigenvalue weighted by atomic mass is 9.96. The van der Waals surface area contributed by atoms with Gasteiger partial charge in [0.15, 0.2) is 0 Å². The van der Waals surface area contributed by atoms with Gasteiger partial charge in [0.2, 0.25) is 0 Å². The summed E-state index contributed by atoms with van der Waals surface area (Å²) in [5, 5.41) is 12.5. The van der Waals surface area contributed by atoms with E-state index in [0.717, 1.165) is 12.8 Å². The van der Waals surface area contributed by atoms with E-state index in [4.69, 9.17) is 4.74 Å². The van der Waals surface area contributed by atoms with E-state index in [9.17, 15) is 14.3 Å². The quantitative estimate of drug-likeness (QED) is 0.719. The highest BCUT2D eigenvalue weighted by molar-refractivity contribution is 5.78. The number of hydrogen-bond donors (Lipinski definition) is 2. The molecule has 0 aromatic heterocycles. The van der Waals surface area contributed by atoms with E-state index >= 15 is 0 Å². The van der Waals surface area contributed by atoms with Crippen LogP contribution in [0.5, 0.6) is 5.75 Å². The molecule has 1 fully saturated rings. The highest BCUT2D eigenvalue weighted by Gasteiger charge is 2.37. The van der Waals surface area contributed by atoms with Gasteiger partial charge in [0.1, 0.15) is 17.1 Å². The Morgan fingerprint density at radius 3 is 2.65 bits per heavy atom. The van der Waals surface area contributed by atoms with Crippen molar-refractivity contribution in [3.63, 3.8) is 0 Å². The van der Waals surface area contributed by atoms with E-state index in [0.29, 0.717) is 31.2 Å². The smallest absolute Gasteiger partial charge is 0.323 e. The van der Waals surface area contributed by atoms with Crippen molar-refractivity contribution in [1.82, 2.24) is 5.32 Å². The summed E-state index contributed by atoms with van der Waals surface area (Å²) in [6.07, 6.45) is 3.23. The Morgan fingerprint density at radius 2 is 2.10 bits per heavy atom. The summed E-state index contributed by atoms with van der Waals surface area (Å²) in [7, 11) is 0. The van der Waals surface area contributed by atoms with Crippen molar-refractivity contribution < 1.29 is 19.0 Å².